The first-order valence-electron chi connectivity index (χ1n) is 6.04. The summed E-state index contributed by atoms with van der Waals surface area (Å²) < 4.78 is 12.1. The van der Waals surface area contributed by atoms with Crippen LogP contribution in [0.2, 0.25) is 0 Å². The summed E-state index contributed by atoms with van der Waals surface area (Å²) in [5.41, 5.74) is 1.75. The highest BCUT2D eigenvalue weighted by Gasteiger charge is 2.15. The molecule has 0 atom stereocenters. The van der Waals surface area contributed by atoms with E-state index in [1.54, 1.807) is 37.1 Å². The van der Waals surface area contributed by atoms with Gasteiger partial charge < -0.3 is 14.6 Å². The number of methoxy groups -OCH3 is 2. The average Bonchev–Trinajstić information content (AvgIpc) is 2.90. The molecule has 0 aliphatic rings. The molecule has 2 aromatic rings. The Hall–Kier alpha value is -2.52. The third-order valence-corrected chi connectivity index (χ3v) is 2.89. The van der Waals surface area contributed by atoms with Crippen molar-refractivity contribution in [3.05, 3.63) is 30.0 Å². The summed E-state index contributed by atoms with van der Waals surface area (Å²) in [4.78, 5) is 0. The van der Waals surface area contributed by atoms with E-state index in [1.807, 2.05) is 12.1 Å². The van der Waals surface area contributed by atoms with Crippen molar-refractivity contribution in [2.45, 2.75) is 6.54 Å². The first kappa shape index (κ1) is 13.9. The van der Waals surface area contributed by atoms with E-state index in [2.05, 4.69) is 5.10 Å². The lowest BCUT2D eigenvalue weighted by molar-refractivity contribution is 0.270. The summed E-state index contributed by atoms with van der Waals surface area (Å²) in [6, 6.07) is 9.05. The molecule has 0 saturated carbocycles. The van der Waals surface area contributed by atoms with Crippen LogP contribution in [0.4, 0.5) is 0 Å². The Kier molecular flexibility index (Phi) is 4.23. The molecule has 2 rings (SSSR count). The summed E-state index contributed by atoms with van der Waals surface area (Å²) >= 11 is 0. The maximum Gasteiger partial charge on any atom is 0.163 e. The molecule has 1 heterocycles. The van der Waals surface area contributed by atoms with Gasteiger partial charge in [0.05, 0.1) is 33.1 Å². The molecule has 0 spiro atoms. The smallest absolute Gasteiger partial charge is 0.163 e. The van der Waals surface area contributed by atoms with Gasteiger partial charge in [0.15, 0.2) is 5.69 Å². The third kappa shape index (κ3) is 2.58. The zero-order chi connectivity index (χ0) is 14.5. The zero-order valence-corrected chi connectivity index (χ0v) is 11.3. The van der Waals surface area contributed by atoms with Gasteiger partial charge in [-0.1, -0.05) is 0 Å². The maximum absolute atomic E-state index is 9.10. The molecule has 0 saturated heterocycles. The van der Waals surface area contributed by atoms with Crippen LogP contribution in [-0.4, -0.2) is 35.7 Å². The van der Waals surface area contributed by atoms with E-state index < -0.39 is 0 Å². The second-order valence-electron chi connectivity index (χ2n) is 4.04. The summed E-state index contributed by atoms with van der Waals surface area (Å²) in [6.45, 7) is 0.239. The van der Waals surface area contributed by atoms with Crippen molar-refractivity contribution in [2.24, 2.45) is 0 Å². The molecule has 104 valence electrons. The van der Waals surface area contributed by atoms with Crippen molar-refractivity contribution < 1.29 is 14.6 Å². The van der Waals surface area contributed by atoms with Gasteiger partial charge in [-0.3, -0.25) is 4.68 Å². The van der Waals surface area contributed by atoms with Crippen LogP contribution in [0, 0.1) is 11.3 Å². The Morgan fingerprint density at radius 2 is 2.10 bits per heavy atom. The van der Waals surface area contributed by atoms with Gasteiger partial charge in [0.25, 0.3) is 0 Å². The minimum absolute atomic E-state index is 0.0637. The second-order valence-corrected chi connectivity index (χ2v) is 4.04. The Bertz CT molecular complexity index is 644. The summed E-state index contributed by atoms with van der Waals surface area (Å²) in [5.74, 6) is 1.32. The highest BCUT2D eigenvalue weighted by atomic mass is 16.5. The first-order valence-corrected chi connectivity index (χ1v) is 6.04. The van der Waals surface area contributed by atoms with Gasteiger partial charge >= 0.3 is 0 Å². The van der Waals surface area contributed by atoms with Crippen molar-refractivity contribution in [1.29, 1.82) is 5.26 Å². The van der Waals surface area contributed by atoms with Crippen LogP contribution in [0.15, 0.2) is 24.3 Å². The lowest BCUT2D eigenvalue weighted by atomic mass is 10.1. The number of nitrogens with zero attached hydrogens (tertiary/aromatic N) is 3. The molecule has 6 heteroatoms. The normalized spacial score (nSPS) is 10.1. The molecular formula is C14H15N3O3. The van der Waals surface area contributed by atoms with Crippen LogP contribution in [0.1, 0.15) is 5.69 Å². The second kappa shape index (κ2) is 6.08. The molecule has 20 heavy (non-hydrogen) atoms. The quantitative estimate of drug-likeness (QED) is 0.891. The van der Waals surface area contributed by atoms with Crippen LogP contribution < -0.4 is 9.47 Å². The summed E-state index contributed by atoms with van der Waals surface area (Å²) in [7, 11) is 3.15. The highest BCUT2D eigenvalue weighted by molar-refractivity contribution is 5.70. The predicted octanol–water partition coefficient (Wildman–Crippen LogP) is 1.43. The van der Waals surface area contributed by atoms with E-state index in [-0.39, 0.29) is 6.61 Å². The summed E-state index contributed by atoms with van der Waals surface area (Å²) in [5, 5.41) is 22.2. The largest absolute Gasteiger partial charge is 0.497 e. The van der Waals surface area contributed by atoms with E-state index in [0.717, 1.165) is 5.56 Å². The number of ether oxygens (including phenoxy) is 2. The molecule has 1 aromatic heterocycles. The Labute approximate surface area is 116 Å². The fourth-order valence-electron chi connectivity index (χ4n) is 1.97. The number of hydrogen-bond acceptors (Lipinski definition) is 5. The molecule has 0 aliphatic heterocycles. The van der Waals surface area contributed by atoms with Gasteiger partial charge in [-0.25, -0.2) is 0 Å². The highest BCUT2D eigenvalue weighted by Crippen LogP contribution is 2.33. The molecule has 0 fully saturated rings. The van der Waals surface area contributed by atoms with E-state index in [1.165, 1.54) is 0 Å². The van der Waals surface area contributed by atoms with Gasteiger partial charge in [-0.2, -0.15) is 10.4 Å². The Balaban J connectivity index is 2.60. The maximum atomic E-state index is 9.10. The monoisotopic (exact) mass is 273 g/mol. The molecule has 1 N–H and O–H groups in total. The third-order valence-electron chi connectivity index (χ3n) is 2.89. The number of hydrogen-bond donors (Lipinski definition) is 1. The zero-order valence-electron chi connectivity index (χ0n) is 11.3. The molecule has 0 radical (unpaired) electrons. The van der Waals surface area contributed by atoms with Crippen molar-refractivity contribution in [3.8, 4) is 28.8 Å². The van der Waals surface area contributed by atoms with Crippen molar-refractivity contribution >= 4 is 0 Å². The van der Waals surface area contributed by atoms with Crippen LogP contribution in [0.5, 0.6) is 11.5 Å². The molecule has 0 aliphatic carbocycles. The molecule has 0 unspecified atom stereocenters. The fraction of sp³-hybridized carbons (Fsp3) is 0.286. The van der Waals surface area contributed by atoms with E-state index in [0.29, 0.717) is 29.4 Å². The minimum Gasteiger partial charge on any atom is -0.497 e. The molecule has 1 aromatic carbocycles. The van der Waals surface area contributed by atoms with E-state index in [9.17, 15) is 0 Å². The van der Waals surface area contributed by atoms with Gasteiger partial charge in [-0.15, -0.1) is 0 Å². The minimum atomic E-state index is -0.0637. The topological polar surface area (TPSA) is 80.3 Å². The molecule has 0 bridgehead atoms. The number of rotatable bonds is 5. The van der Waals surface area contributed by atoms with Gasteiger partial charge in [-0.05, 0) is 18.2 Å². The number of aliphatic hydroxyl groups excluding tert-OH is 1. The van der Waals surface area contributed by atoms with Gasteiger partial charge in [0.2, 0.25) is 0 Å². The number of aliphatic hydroxyl groups is 1. The van der Waals surface area contributed by atoms with Crippen LogP contribution in [0.25, 0.3) is 11.3 Å². The summed E-state index contributed by atoms with van der Waals surface area (Å²) in [6.07, 6.45) is 0. The first-order chi connectivity index (χ1) is 9.73. The van der Waals surface area contributed by atoms with E-state index in [4.69, 9.17) is 19.8 Å². The fourth-order valence-corrected chi connectivity index (χ4v) is 1.97. The van der Waals surface area contributed by atoms with Crippen LogP contribution in [-0.2, 0) is 6.54 Å². The standard InChI is InChI=1S/C14H15N3O3/c1-19-11-3-4-14(20-2)12(8-11)13-7-10(9-15)16-17(13)5-6-18/h3-4,7-8,18H,5-6H2,1-2H3. The van der Waals surface area contributed by atoms with Gasteiger partial charge in [0.1, 0.15) is 17.6 Å². The molecule has 0 amide bonds. The Morgan fingerprint density at radius 3 is 2.70 bits per heavy atom. The number of nitriles is 1. The number of aromatic nitrogens is 2. The van der Waals surface area contributed by atoms with Crippen LogP contribution in [0.3, 0.4) is 0 Å². The lowest BCUT2D eigenvalue weighted by Gasteiger charge is -2.11. The average molecular weight is 273 g/mol. The molecule has 6 nitrogen and oxygen atoms in total. The lowest BCUT2D eigenvalue weighted by Crippen LogP contribution is -2.06. The Morgan fingerprint density at radius 1 is 1.30 bits per heavy atom. The SMILES string of the molecule is COc1ccc(OC)c(-c2cc(C#N)nn2CCO)c1. The van der Waals surface area contributed by atoms with Gasteiger partial charge in [0, 0.05) is 11.6 Å². The van der Waals surface area contributed by atoms with Crippen molar-refractivity contribution in [2.75, 3.05) is 20.8 Å². The molecular weight excluding hydrogens is 258 g/mol. The van der Waals surface area contributed by atoms with Crippen molar-refractivity contribution in [1.82, 2.24) is 9.78 Å². The van der Waals surface area contributed by atoms with Crippen molar-refractivity contribution in [3.63, 3.8) is 0 Å². The van der Waals surface area contributed by atoms with Crippen LogP contribution >= 0.6 is 0 Å². The number of benzene rings is 1. The van der Waals surface area contributed by atoms with E-state index >= 15 is 0 Å². The predicted molar refractivity (Wildman–Crippen MR) is 72.6 cm³/mol.